The van der Waals surface area contributed by atoms with Crippen LogP contribution in [0.15, 0.2) is 65.6 Å². The van der Waals surface area contributed by atoms with E-state index in [2.05, 4.69) is 10.3 Å². The van der Waals surface area contributed by atoms with Crippen molar-refractivity contribution in [1.29, 1.82) is 0 Å². The van der Waals surface area contributed by atoms with E-state index in [0.29, 0.717) is 16.5 Å². The molecule has 0 aliphatic carbocycles. The van der Waals surface area contributed by atoms with E-state index >= 15 is 0 Å². The van der Waals surface area contributed by atoms with Crippen LogP contribution in [0.3, 0.4) is 0 Å². The fraction of sp³-hybridized carbons (Fsp3) is 0.200. The zero-order chi connectivity index (χ0) is 25.2. The lowest BCUT2D eigenvalue weighted by molar-refractivity contribution is 0.246. The van der Waals surface area contributed by atoms with Gasteiger partial charge in [-0.15, -0.1) is 0 Å². The van der Waals surface area contributed by atoms with Crippen molar-refractivity contribution in [2.75, 3.05) is 6.54 Å². The SMILES string of the molecule is CCc1nc2cc(Cl)c(Cl)cc2n1-c1ccc(CCNC(=O)NS(=O)(=O)c2ccc(C)cc2)cc1. The largest absolute Gasteiger partial charge is 0.337 e. The maximum Gasteiger partial charge on any atom is 0.328 e. The van der Waals surface area contributed by atoms with Crippen LogP contribution in [0.4, 0.5) is 4.79 Å². The Kier molecular flexibility index (Phi) is 7.35. The monoisotopic (exact) mass is 530 g/mol. The van der Waals surface area contributed by atoms with Gasteiger partial charge in [0.05, 0.1) is 26.0 Å². The third-order valence-corrected chi connectivity index (χ3v) is 7.60. The number of urea groups is 1. The highest BCUT2D eigenvalue weighted by atomic mass is 35.5. The first-order chi connectivity index (χ1) is 16.7. The Balaban J connectivity index is 1.40. The Bertz CT molecular complexity index is 1480. The van der Waals surface area contributed by atoms with E-state index in [0.717, 1.165) is 40.1 Å². The van der Waals surface area contributed by atoms with Crippen LogP contribution in [0.25, 0.3) is 16.7 Å². The predicted molar refractivity (Wildman–Crippen MR) is 139 cm³/mol. The van der Waals surface area contributed by atoms with Gasteiger partial charge in [0.15, 0.2) is 0 Å². The van der Waals surface area contributed by atoms with Gasteiger partial charge in [0.2, 0.25) is 0 Å². The Morgan fingerprint density at radius 1 is 1.00 bits per heavy atom. The molecule has 182 valence electrons. The number of imidazole rings is 1. The number of nitrogens with one attached hydrogen (secondary N) is 2. The van der Waals surface area contributed by atoms with Crippen molar-refractivity contribution in [3.05, 3.63) is 87.7 Å². The average Bonchev–Trinajstić information content (AvgIpc) is 3.17. The van der Waals surface area contributed by atoms with Gasteiger partial charge in [-0.05, 0) is 55.3 Å². The molecule has 0 saturated heterocycles. The van der Waals surface area contributed by atoms with Crippen LogP contribution >= 0.6 is 23.2 Å². The van der Waals surface area contributed by atoms with Gasteiger partial charge in [0.25, 0.3) is 10.0 Å². The maximum absolute atomic E-state index is 12.3. The average molecular weight is 531 g/mol. The number of rotatable bonds is 7. The van der Waals surface area contributed by atoms with Gasteiger partial charge in [-0.1, -0.05) is 60.0 Å². The lowest BCUT2D eigenvalue weighted by atomic mass is 10.1. The van der Waals surface area contributed by atoms with Crippen molar-refractivity contribution in [3.63, 3.8) is 0 Å². The second kappa shape index (κ2) is 10.3. The molecule has 2 amide bonds. The molecule has 0 aliphatic rings. The topological polar surface area (TPSA) is 93.1 Å². The summed E-state index contributed by atoms with van der Waals surface area (Å²) in [6.45, 7) is 4.16. The number of aromatic nitrogens is 2. The quantitative estimate of drug-likeness (QED) is 0.333. The summed E-state index contributed by atoms with van der Waals surface area (Å²) in [6, 6.07) is 16.9. The van der Waals surface area contributed by atoms with E-state index in [-0.39, 0.29) is 11.4 Å². The lowest BCUT2D eigenvalue weighted by Crippen LogP contribution is -2.40. The number of fused-ring (bicyclic) bond motifs is 1. The van der Waals surface area contributed by atoms with E-state index in [1.807, 2.05) is 53.5 Å². The Labute approximate surface area is 214 Å². The molecule has 0 bridgehead atoms. The summed E-state index contributed by atoms with van der Waals surface area (Å²) in [5.41, 5.74) is 4.49. The number of sulfonamides is 1. The van der Waals surface area contributed by atoms with Gasteiger partial charge >= 0.3 is 6.03 Å². The van der Waals surface area contributed by atoms with E-state index in [1.54, 1.807) is 18.2 Å². The minimum Gasteiger partial charge on any atom is -0.337 e. The molecule has 0 radical (unpaired) electrons. The highest BCUT2D eigenvalue weighted by molar-refractivity contribution is 7.90. The summed E-state index contributed by atoms with van der Waals surface area (Å²) in [6.07, 6.45) is 1.27. The Morgan fingerprint density at radius 3 is 2.31 bits per heavy atom. The molecule has 0 saturated carbocycles. The minimum atomic E-state index is -3.92. The molecule has 0 aliphatic heterocycles. The number of aryl methyl sites for hydroxylation is 2. The standard InChI is InChI=1S/C25H24Cl2N4O3S/c1-3-24-29-22-14-20(26)21(27)15-23(22)31(24)18-8-6-17(7-9-18)12-13-28-25(32)30-35(33,34)19-10-4-16(2)5-11-19/h4-11,14-15H,3,12-13H2,1-2H3,(H2,28,30,32). The normalized spacial score (nSPS) is 11.5. The lowest BCUT2D eigenvalue weighted by Gasteiger charge is -2.11. The summed E-state index contributed by atoms with van der Waals surface area (Å²) < 4.78 is 28.7. The number of benzene rings is 3. The van der Waals surface area contributed by atoms with Crippen LogP contribution < -0.4 is 10.0 Å². The van der Waals surface area contributed by atoms with Crippen molar-refractivity contribution in [2.24, 2.45) is 0 Å². The number of nitrogens with zero attached hydrogens (tertiary/aromatic N) is 2. The van der Waals surface area contributed by atoms with E-state index in [1.165, 1.54) is 12.1 Å². The first-order valence-electron chi connectivity index (χ1n) is 11.0. The number of amides is 2. The van der Waals surface area contributed by atoms with Gasteiger partial charge < -0.3 is 5.32 Å². The molecule has 0 spiro atoms. The van der Waals surface area contributed by atoms with Gasteiger partial charge in [0, 0.05) is 18.7 Å². The van der Waals surface area contributed by atoms with E-state index in [9.17, 15) is 13.2 Å². The molecule has 3 aromatic carbocycles. The van der Waals surface area contributed by atoms with Crippen molar-refractivity contribution in [3.8, 4) is 5.69 Å². The second-order valence-electron chi connectivity index (χ2n) is 8.06. The predicted octanol–water partition coefficient (Wildman–Crippen LogP) is 5.43. The maximum atomic E-state index is 12.3. The molecule has 0 fully saturated rings. The number of hydrogen-bond donors (Lipinski definition) is 2. The zero-order valence-electron chi connectivity index (χ0n) is 19.2. The van der Waals surface area contributed by atoms with Crippen molar-refractivity contribution in [1.82, 2.24) is 19.6 Å². The third-order valence-electron chi connectivity index (χ3n) is 5.53. The zero-order valence-corrected chi connectivity index (χ0v) is 21.5. The summed E-state index contributed by atoms with van der Waals surface area (Å²) >= 11 is 12.4. The van der Waals surface area contributed by atoms with Crippen molar-refractivity contribution >= 4 is 50.3 Å². The highest BCUT2D eigenvalue weighted by Gasteiger charge is 2.17. The number of hydrogen-bond acceptors (Lipinski definition) is 4. The van der Waals surface area contributed by atoms with Crippen LogP contribution in [0.1, 0.15) is 23.9 Å². The summed E-state index contributed by atoms with van der Waals surface area (Å²) in [5.74, 6) is 0.888. The molecular weight excluding hydrogens is 507 g/mol. The van der Waals surface area contributed by atoms with Gasteiger partial charge in [0.1, 0.15) is 5.82 Å². The molecule has 1 aromatic heterocycles. The first kappa shape index (κ1) is 25.0. The van der Waals surface area contributed by atoms with Crippen LogP contribution in [0, 0.1) is 6.92 Å². The van der Waals surface area contributed by atoms with Crippen molar-refractivity contribution < 1.29 is 13.2 Å². The Morgan fingerprint density at radius 2 is 1.66 bits per heavy atom. The number of halogens is 2. The molecule has 4 aromatic rings. The molecule has 2 N–H and O–H groups in total. The van der Waals surface area contributed by atoms with Crippen LogP contribution in [0.5, 0.6) is 0 Å². The third kappa shape index (κ3) is 5.61. The van der Waals surface area contributed by atoms with Crippen LogP contribution in [-0.2, 0) is 22.9 Å². The highest BCUT2D eigenvalue weighted by Crippen LogP contribution is 2.30. The molecule has 0 atom stereocenters. The van der Waals surface area contributed by atoms with Crippen LogP contribution in [0.2, 0.25) is 10.0 Å². The molecule has 0 unspecified atom stereocenters. The fourth-order valence-corrected chi connectivity index (χ4v) is 4.96. The van der Waals surface area contributed by atoms with E-state index in [4.69, 9.17) is 23.2 Å². The number of carbonyl (C=O) groups excluding carboxylic acids is 1. The Hall–Kier alpha value is -3.07. The molecule has 1 heterocycles. The van der Waals surface area contributed by atoms with Crippen LogP contribution in [-0.4, -0.2) is 30.5 Å². The minimum absolute atomic E-state index is 0.0378. The molecular formula is C25H24Cl2N4O3S. The van der Waals surface area contributed by atoms with Crippen molar-refractivity contribution in [2.45, 2.75) is 31.6 Å². The van der Waals surface area contributed by atoms with Gasteiger partial charge in [-0.25, -0.2) is 22.9 Å². The molecule has 4 rings (SSSR count). The fourth-order valence-electron chi connectivity index (χ4n) is 3.71. The summed E-state index contributed by atoms with van der Waals surface area (Å²) in [7, 11) is -3.92. The molecule has 10 heteroatoms. The summed E-state index contributed by atoms with van der Waals surface area (Å²) in [5, 5.41) is 3.52. The molecule has 7 nitrogen and oxygen atoms in total. The second-order valence-corrected chi connectivity index (χ2v) is 10.6. The van der Waals surface area contributed by atoms with E-state index < -0.39 is 16.1 Å². The van der Waals surface area contributed by atoms with Gasteiger partial charge in [-0.3, -0.25) is 4.57 Å². The smallest absolute Gasteiger partial charge is 0.328 e. The number of carbonyl (C=O) groups is 1. The summed E-state index contributed by atoms with van der Waals surface area (Å²) in [4.78, 5) is 16.8. The first-order valence-corrected chi connectivity index (χ1v) is 13.2. The molecule has 35 heavy (non-hydrogen) atoms. The van der Waals surface area contributed by atoms with Gasteiger partial charge in [-0.2, -0.15) is 0 Å².